The molecule has 1 unspecified atom stereocenters. The lowest BCUT2D eigenvalue weighted by molar-refractivity contribution is -0.138. The third-order valence-electron chi connectivity index (χ3n) is 5.01. The first-order chi connectivity index (χ1) is 12.9. The molecule has 1 N–H and O–H groups in total. The number of nitrogens with one attached hydrogen (secondary N) is 1. The van der Waals surface area contributed by atoms with Crippen LogP contribution >= 0.6 is 0 Å². The van der Waals surface area contributed by atoms with Gasteiger partial charge in [0.2, 0.25) is 11.8 Å². The Hall–Kier alpha value is -2.04. The maximum Gasteiger partial charge on any atom is 0.225 e. The van der Waals surface area contributed by atoms with E-state index in [4.69, 9.17) is 0 Å². The standard InChI is InChI=1S/C23H39N3O2/c1-15(2)12-22(27)24-20-10-11-21(25(8)9)19(13-20)14-26(18(7)16(3)4)23(28)17(5)6/h10-11,13,15-18H,12,14H2,1-9H3,(H,24,27). The Bertz CT molecular complexity index is 666. The van der Waals surface area contributed by atoms with E-state index in [0.717, 1.165) is 16.9 Å². The number of carbonyl (C=O) groups is 2. The van der Waals surface area contributed by atoms with Crippen molar-refractivity contribution in [2.24, 2.45) is 17.8 Å². The molecule has 0 saturated heterocycles. The molecule has 1 aromatic carbocycles. The quantitative estimate of drug-likeness (QED) is 0.662. The predicted molar refractivity (Wildman–Crippen MR) is 119 cm³/mol. The van der Waals surface area contributed by atoms with Crippen LogP contribution in [0.15, 0.2) is 18.2 Å². The van der Waals surface area contributed by atoms with E-state index >= 15 is 0 Å². The zero-order valence-electron chi connectivity index (χ0n) is 19.2. The van der Waals surface area contributed by atoms with Crippen LogP contribution in [-0.2, 0) is 16.1 Å². The van der Waals surface area contributed by atoms with E-state index in [1.165, 1.54) is 0 Å². The first-order valence-corrected chi connectivity index (χ1v) is 10.3. The Morgan fingerprint density at radius 3 is 2.07 bits per heavy atom. The first kappa shape index (κ1) is 24.0. The van der Waals surface area contributed by atoms with Crippen LogP contribution in [-0.4, -0.2) is 36.9 Å². The molecule has 0 saturated carbocycles. The summed E-state index contributed by atoms with van der Waals surface area (Å²) in [4.78, 5) is 29.1. The highest BCUT2D eigenvalue weighted by atomic mass is 16.2. The van der Waals surface area contributed by atoms with Crippen molar-refractivity contribution in [2.45, 2.75) is 67.5 Å². The third kappa shape index (κ3) is 6.84. The second-order valence-corrected chi connectivity index (χ2v) is 8.99. The van der Waals surface area contributed by atoms with Crippen LogP contribution in [0, 0.1) is 17.8 Å². The van der Waals surface area contributed by atoms with Crippen molar-refractivity contribution in [3.63, 3.8) is 0 Å². The minimum atomic E-state index is -0.0575. The Morgan fingerprint density at radius 2 is 1.61 bits per heavy atom. The summed E-state index contributed by atoms with van der Waals surface area (Å²) in [6.45, 7) is 14.9. The van der Waals surface area contributed by atoms with Crippen molar-refractivity contribution < 1.29 is 9.59 Å². The topological polar surface area (TPSA) is 52.7 Å². The Kier molecular flexibility index (Phi) is 8.99. The van der Waals surface area contributed by atoms with Gasteiger partial charge in [-0.15, -0.1) is 0 Å². The molecule has 0 heterocycles. The van der Waals surface area contributed by atoms with E-state index < -0.39 is 0 Å². The fourth-order valence-corrected chi connectivity index (χ4v) is 3.11. The Balaban J connectivity index is 3.23. The highest BCUT2D eigenvalue weighted by Gasteiger charge is 2.26. The number of hydrogen-bond donors (Lipinski definition) is 1. The number of rotatable bonds is 9. The van der Waals surface area contributed by atoms with Crippen LogP contribution in [0.25, 0.3) is 0 Å². The molecular weight excluding hydrogens is 350 g/mol. The Labute approximate surface area is 171 Å². The largest absolute Gasteiger partial charge is 0.377 e. The summed E-state index contributed by atoms with van der Waals surface area (Å²) in [7, 11) is 3.99. The predicted octanol–water partition coefficient (Wildman–Crippen LogP) is 4.77. The van der Waals surface area contributed by atoms with Gasteiger partial charge in [-0.05, 0) is 42.5 Å². The summed E-state index contributed by atoms with van der Waals surface area (Å²) in [6, 6.07) is 6.07. The zero-order valence-corrected chi connectivity index (χ0v) is 19.2. The summed E-state index contributed by atoms with van der Waals surface area (Å²) in [5.74, 6) is 0.785. The molecule has 0 aromatic heterocycles. The monoisotopic (exact) mass is 389 g/mol. The summed E-state index contributed by atoms with van der Waals surface area (Å²) in [6.07, 6.45) is 0.493. The average molecular weight is 390 g/mol. The van der Waals surface area contributed by atoms with Crippen LogP contribution in [0.2, 0.25) is 0 Å². The SMILES string of the molecule is CC(C)CC(=O)Nc1ccc(N(C)C)c(CN(C(=O)C(C)C)C(C)C(C)C)c1. The summed E-state index contributed by atoms with van der Waals surface area (Å²) < 4.78 is 0. The van der Waals surface area contributed by atoms with Gasteiger partial charge in [-0.25, -0.2) is 0 Å². The third-order valence-corrected chi connectivity index (χ3v) is 5.01. The van der Waals surface area contributed by atoms with Gasteiger partial charge in [-0.2, -0.15) is 0 Å². The van der Waals surface area contributed by atoms with Gasteiger partial charge in [0, 0.05) is 50.4 Å². The molecule has 0 aliphatic carbocycles. The molecule has 1 atom stereocenters. The number of anilines is 2. The van der Waals surface area contributed by atoms with E-state index in [1.807, 2.05) is 69.8 Å². The average Bonchev–Trinajstić information content (AvgIpc) is 2.57. The van der Waals surface area contributed by atoms with Gasteiger partial charge in [-0.1, -0.05) is 41.5 Å². The zero-order chi connectivity index (χ0) is 21.6. The molecule has 0 spiro atoms. The first-order valence-electron chi connectivity index (χ1n) is 10.3. The van der Waals surface area contributed by atoms with Crippen molar-refractivity contribution >= 4 is 23.2 Å². The number of carbonyl (C=O) groups excluding carboxylic acids is 2. The van der Waals surface area contributed by atoms with E-state index in [0.29, 0.717) is 24.8 Å². The fourth-order valence-electron chi connectivity index (χ4n) is 3.11. The van der Waals surface area contributed by atoms with Crippen LogP contribution in [0.1, 0.15) is 60.5 Å². The van der Waals surface area contributed by atoms with E-state index in [2.05, 4.69) is 26.1 Å². The molecule has 2 amide bonds. The minimum absolute atomic E-state index is 0.0178. The summed E-state index contributed by atoms with van der Waals surface area (Å²) >= 11 is 0. The number of hydrogen-bond acceptors (Lipinski definition) is 3. The van der Waals surface area contributed by atoms with Crippen molar-refractivity contribution in [3.8, 4) is 0 Å². The highest BCUT2D eigenvalue weighted by Crippen LogP contribution is 2.27. The summed E-state index contributed by atoms with van der Waals surface area (Å²) in [5, 5.41) is 3.00. The molecule has 0 aliphatic heterocycles. The molecular formula is C23H39N3O2. The lowest BCUT2D eigenvalue weighted by Crippen LogP contribution is -2.43. The van der Waals surface area contributed by atoms with Gasteiger partial charge < -0.3 is 15.1 Å². The van der Waals surface area contributed by atoms with Crippen molar-refractivity contribution in [2.75, 3.05) is 24.3 Å². The van der Waals surface area contributed by atoms with Gasteiger partial charge in [-0.3, -0.25) is 9.59 Å². The second-order valence-electron chi connectivity index (χ2n) is 8.99. The van der Waals surface area contributed by atoms with Gasteiger partial charge in [0.05, 0.1) is 0 Å². The van der Waals surface area contributed by atoms with Crippen molar-refractivity contribution in [1.29, 1.82) is 0 Å². The molecule has 0 bridgehead atoms. The fraction of sp³-hybridized carbons (Fsp3) is 0.652. The lowest BCUT2D eigenvalue weighted by atomic mass is 10.0. The summed E-state index contributed by atoms with van der Waals surface area (Å²) in [5.41, 5.74) is 2.87. The molecule has 0 fully saturated rings. The molecule has 1 rings (SSSR count). The second kappa shape index (κ2) is 10.5. The van der Waals surface area contributed by atoms with E-state index in [-0.39, 0.29) is 23.8 Å². The van der Waals surface area contributed by atoms with Gasteiger partial charge in [0.1, 0.15) is 0 Å². The molecule has 1 aromatic rings. The maximum atomic E-state index is 12.9. The van der Waals surface area contributed by atoms with E-state index in [1.54, 1.807) is 0 Å². The molecule has 158 valence electrons. The number of nitrogens with zero attached hydrogens (tertiary/aromatic N) is 2. The smallest absolute Gasteiger partial charge is 0.225 e. The van der Waals surface area contributed by atoms with Crippen molar-refractivity contribution in [1.82, 2.24) is 4.90 Å². The van der Waals surface area contributed by atoms with Crippen LogP contribution in [0.4, 0.5) is 11.4 Å². The Morgan fingerprint density at radius 1 is 1.00 bits per heavy atom. The molecule has 28 heavy (non-hydrogen) atoms. The normalized spacial score (nSPS) is 12.4. The lowest BCUT2D eigenvalue weighted by Gasteiger charge is -2.34. The van der Waals surface area contributed by atoms with Gasteiger partial charge >= 0.3 is 0 Å². The molecule has 5 heteroatoms. The van der Waals surface area contributed by atoms with Crippen LogP contribution in [0.3, 0.4) is 0 Å². The van der Waals surface area contributed by atoms with Crippen molar-refractivity contribution in [3.05, 3.63) is 23.8 Å². The highest BCUT2D eigenvalue weighted by molar-refractivity contribution is 5.91. The van der Waals surface area contributed by atoms with Crippen LogP contribution in [0.5, 0.6) is 0 Å². The maximum absolute atomic E-state index is 12.9. The van der Waals surface area contributed by atoms with Crippen LogP contribution < -0.4 is 10.2 Å². The van der Waals surface area contributed by atoms with Gasteiger partial charge in [0.15, 0.2) is 0 Å². The number of benzene rings is 1. The molecule has 0 radical (unpaired) electrons. The molecule has 5 nitrogen and oxygen atoms in total. The minimum Gasteiger partial charge on any atom is -0.377 e. The van der Waals surface area contributed by atoms with Gasteiger partial charge in [0.25, 0.3) is 0 Å². The van der Waals surface area contributed by atoms with E-state index in [9.17, 15) is 9.59 Å². The molecule has 0 aliphatic rings. The number of amides is 2.